The molecule has 3 aromatic rings. The van der Waals surface area contributed by atoms with Crippen LogP contribution in [0.3, 0.4) is 0 Å². The number of hydrogen-bond donors (Lipinski definition) is 0. The van der Waals surface area contributed by atoms with Gasteiger partial charge in [-0.2, -0.15) is 0 Å². The van der Waals surface area contributed by atoms with E-state index in [0.717, 1.165) is 22.5 Å². The minimum atomic E-state index is -3.16. The molecule has 0 bridgehead atoms. The van der Waals surface area contributed by atoms with Crippen molar-refractivity contribution in [1.29, 1.82) is 0 Å². The third-order valence-electron chi connectivity index (χ3n) is 3.28. The first-order valence-electron chi connectivity index (χ1n) is 6.48. The van der Waals surface area contributed by atoms with Gasteiger partial charge in [0.15, 0.2) is 9.84 Å². The smallest absolute Gasteiger partial charge is 0.175 e. The van der Waals surface area contributed by atoms with Gasteiger partial charge in [-0.05, 0) is 41.5 Å². The molecule has 0 radical (unpaired) electrons. The fraction of sp³-hybridized carbons (Fsp3) is 0.0588. The van der Waals surface area contributed by atoms with Crippen LogP contribution in [-0.4, -0.2) is 14.7 Å². The number of benzene rings is 2. The molecule has 0 N–H and O–H groups in total. The van der Waals surface area contributed by atoms with Crippen LogP contribution in [0.4, 0.5) is 0 Å². The fourth-order valence-electron chi connectivity index (χ4n) is 2.19. The molecule has 3 rings (SSSR count). The summed E-state index contributed by atoms with van der Waals surface area (Å²) < 4.78 is 28.4. The van der Waals surface area contributed by atoms with Crippen molar-refractivity contribution in [2.45, 2.75) is 4.90 Å². The van der Waals surface area contributed by atoms with Gasteiger partial charge in [-0.3, -0.25) is 0 Å². The number of rotatable bonds is 3. The van der Waals surface area contributed by atoms with Crippen LogP contribution >= 0.6 is 0 Å². The molecular formula is C17H14O3S. The van der Waals surface area contributed by atoms with Gasteiger partial charge in [-0.25, -0.2) is 8.42 Å². The molecule has 0 aliphatic heterocycles. The zero-order chi connectivity index (χ0) is 14.9. The molecule has 0 aliphatic rings. The van der Waals surface area contributed by atoms with Crippen molar-refractivity contribution >= 4 is 9.84 Å². The van der Waals surface area contributed by atoms with E-state index in [1.54, 1.807) is 18.4 Å². The summed E-state index contributed by atoms with van der Waals surface area (Å²) in [7, 11) is -3.16. The molecule has 0 saturated carbocycles. The summed E-state index contributed by atoms with van der Waals surface area (Å²) in [5, 5.41) is 0. The third-order valence-corrected chi connectivity index (χ3v) is 4.41. The Morgan fingerprint density at radius 1 is 0.810 bits per heavy atom. The predicted molar refractivity (Wildman–Crippen MR) is 82.7 cm³/mol. The summed E-state index contributed by atoms with van der Waals surface area (Å²) in [5.41, 5.74) is 2.98. The van der Waals surface area contributed by atoms with Gasteiger partial charge in [-0.15, -0.1) is 0 Å². The highest BCUT2D eigenvalue weighted by Crippen LogP contribution is 2.27. The SMILES string of the molecule is CS(=O)(=O)c1ccc(-c2cccc(-c3ccco3)c2)cc1. The monoisotopic (exact) mass is 298 g/mol. The van der Waals surface area contributed by atoms with E-state index in [9.17, 15) is 8.42 Å². The summed E-state index contributed by atoms with van der Waals surface area (Å²) in [6, 6.07) is 18.6. The quantitative estimate of drug-likeness (QED) is 0.733. The normalized spacial score (nSPS) is 11.5. The first kappa shape index (κ1) is 13.6. The molecular weight excluding hydrogens is 284 g/mol. The van der Waals surface area contributed by atoms with Gasteiger partial charge in [0.1, 0.15) is 5.76 Å². The van der Waals surface area contributed by atoms with E-state index in [1.165, 1.54) is 6.26 Å². The number of furan rings is 1. The minimum absolute atomic E-state index is 0.327. The van der Waals surface area contributed by atoms with Crippen LogP contribution in [-0.2, 0) is 9.84 Å². The molecule has 3 nitrogen and oxygen atoms in total. The van der Waals surface area contributed by atoms with E-state index in [0.29, 0.717) is 4.90 Å². The van der Waals surface area contributed by atoms with Gasteiger partial charge in [0.25, 0.3) is 0 Å². The van der Waals surface area contributed by atoms with Crippen LogP contribution in [0.5, 0.6) is 0 Å². The maximum atomic E-state index is 11.5. The second kappa shape index (κ2) is 5.22. The zero-order valence-corrected chi connectivity index (χ0v) is 12.3. The van der Waals surface area contributed by atoms with E-state index < -0.39 is 9.84 Å². The van der Waals surface area contributed by atoms with Crippen LogP contribution < -0.4 is 0 Å². The van der Waals surface area contributed by atoms with Crippen LogP contribution in [0.1, 0.15) is 0 Å². The molecule has 0 unspecified atom stereocenters. The third kappa shape index (κ3) is 2.90. The lowest BCUT2D eigenvalue weighted by Crippen LogP contribution is -1.96. The molecule has 0 aliphatic carbocycles. The highest BCUT2D eigenvalue weighted by molar-refractivity contribution is 7.90. The van der Waals surface area contributed by atoms with Crippen LogP contribution in [0, 0.1) is 0 Å². The molecule has 0 amide bonds. The second-order valence-electron chi connectivity index (χ2n) is 4.85. The number of hydrogen-bond acceptors (Lipinski definition) is 3. The summed E-state index contributed by atoms with van der Waals surface area (Å²) >= 11 is 0. The van der Waals surface area contributed by atoms with Crippen LogP contribution in [0.25, 0.3) is 22.5 Å². The van der Waals surface area contributed by atoms with E-state index >= 15 is 0 Å². The Labute approximate surface area is 123 Å². The molecule has 106 valence electrons. The van der Waals surface area contributed by atoms with Gasteiger partial charge in [0, 0.05) is 11.8 Å². The van der Waals surface area contributed by atoms with Crippen molar-refractivity contribution in [1.82, 2.24) is 0 Å². The maximum absolute atomic E-state index is 11.5. The van der Waals surface area contributed by atoms with Gasteiger partial charge < -0.3 is 4.42 Å². The largest absolute Gasteiger partial charge is 0.464 e. The summed E-state index contributed by atoms with van der Waals surface area (Å²) in [6.45, 7) is 0. The standard InChI is InChI=1S/C17H14O3S/c1-21(18,19)16-9-7-13(8-10-16)14-4-2-5-15(12-14)17-6-3-11-20-17/h2-12H,1H3. The van der Waals surface area contributed by atoms with Crippen molar-refractivity contribution in [3.63, 3.8) is 0 Å². The van der Waals surface area contributed by atoms with Gasteiger partial charge in [-0.1, -0.05) is 30.3 Å². The lowest BCUT2D eigenvalue weighted by Gasteiger charge is -2.05. The van der Waals surface area contributed by atoms with Gasteiger partial charge >= 0.3 is 0 Å². The molecule has 21 heavy (non-hydrogen) atoms. The minimum Gasteiger partial charge on any atom is -0.464 e. The van der Waals surface area contributed by atoms with Crippen molar-refractivity contribution in [3.8, 4) is 22.5 Å². The fourth-order valence-corrected chi connectivity index (χ4v) is 2.82. The highest BCUT2D eigenvalue weighted by atomic mass is 32.2. The van der Waals surface area contributed by atoms with Crippen molar-refractivity contribution in [2.24, 2.45) is 0 Å². The van der Waals surface area contributed by atoms with Crippen molar-refractivity contribution in [2.75, 3.05) is 6.26 Å². The Hall–Kier alpha value is -2.33. The average Bonchev–Trinajstić information content (AvgIpc) is 3.01. The Balaban J connectivity index is 1.99. The van der Waals surface area contributed by atoms with E-state index in [2.05, 4.69) is 0 Å². The highest BCUT2D eigenvalue weighted by Gasteiger charge is 2.08. The van der Waals surface area contributed by atoms with Crippen LogP contribution in [0.15, 0.2) is 76.2 Å². The summed E-state index contributed by atoms with van der Waals surface area (Å²) in [6.07, 6.45) is 2.85. The average molecular weight is 298 g/mol. The van der Waals surface area contributed by atoms with E-state index in [1.807, 2.05) is 48.5 Å². The first-order chi connectivity index (χ1) is 10.0. The summed E-state index contributed by atoms with van der Waals surface area (Å²) in [4.78, 5) is 0.327. The molecule has 2 aromatic carbocycles. The molecule has 1 heterocycles. The van der Waals surface area contributed by atoms with Gasteiger partial charge in [0.05, 0.1) is 11.2 Å². The predicted octanol–water partition coefficient (Wildman–Crippen LogP) is 4.02. The topological polar surface area (TPSA) is 47.3 Å². The Kier molecular flexibility index (Phi) is 3.39. The molecule has 0 atom stereocenters. The van der Waals surface area contributed by atoms with Crippen molar-refractivity contribution < 1.29 is 12.8 Å². The summed E-state index contributed by atoms with van der Waals surface area (Å²) in [5.74, 6) is 0.810. The lowest BCUT2D eigenvalue weighted by molar-refractivity contribution is 0.582. The molecule has 0 saturated heterocycles. The molecule has 1 aromatic heterocycles. The Morgan fingerprint density at radius 3 is 2.14 bits per heavy atom. The zero-order valence-electron chi connectivity index (χ0n) is 11.5. The Bertz CT molecular complexity index is 845. The van der Waals surface area contributed by atoms with Crippen molar-refractivity contribution in [3.05, 3.63) is 66.9 Å². The van der Waals surface area contributed by atoms with Crippen LogP contribution in [0.2, 0.25) is 0 Å². The van der Waals surface area contributed by atoms with E-state index in [-0.39, 0.29) is 0 Å². The van der Waals surface area contributed by atoms with E-state index in [4.69, 9.17) is 4.42 Å². The Morgan fingerprint density at radius 2 is 1.52 bits per heavy atom. The maximum Gasteiger partial charge on any atom is 0.175 e. The molecule has 0 fully saturated rings. The molecule has 0 spiro atoms. The number of sulfone groups is 1. The second-order valence-corrected chi connectivity index (χ2v) is 6.87. The lowest BCUT2D eigenvalue weighted by atomic mass is 10.0. The first-order valence-corrected chi connectivity index (χ1v) is 8.38. The molecule has 4 heteroatoms. The van der Waals surface area contributed by atoms with Gasteiger partial charge in [0.2, 0.25) is 0 Å².